The van der Waals surface area contributed by atoms with E-state index in [1.807, 2.05) is 0 Å². The molecule has 0 fully saturated rings. The Hall–Kier alpha value is -0.670. The van der Waals surface area contributed by atoms with Crippen molar-refractivity contribution in [2.45, 2.75) is 25.7 Å². The number of hydrogen-bond donors (Lipinski definition) is 2. The molecule has 0 amide bonds. The highest BCUT2D eigenvalue weighted by Crippen LogP contribution is 2.40. The van der Waals surface area contributed by atoms with Crippen LogP contribution in [0.2, 0.25) is 0 Å². The van der Waals surface area contributed by atoms with E-state index in [2.05, 4.69) is 24.3 Å². The maximum atomic E-state index is 10.6. The SMILES string of the molecule is C=CCC(CC=C)(CC=C)CCOP(=O)(O)O. The molecule has 0 aromatic carbocycles. The van der Waals surface area contributed by atoms with Crippen molar-refractivity contribution in [3.63, 3.8) is 0 Å². The molecule has 5 heteroatoms. The summed E-state index contributed by atoms with van der Waals surface area (Å²) in [7, 11) is -4.39. The summed E-state index contributed by atoms with van der Waals surface area (Å²) in [6, 6.07) is 0. The van der Waals surface area contributed by atoms with E-state index in [4.69, 9.17) is 9.79 Å². The van der Waals surface area contributed by atoms with Gasteiger partial charge in [0.1, 0.15) is 0 Å². The van der Waals surface area contributed by atoms with Crippen LogP contribution < -0.4 is 0 Å². The lowest BCUT2D eigenvalue weighted by atomic mass is 9.75. The molecule has 0 saturated heterocycles. The molecule has 4 nitrogen and oxygen atoms in total. The van der Waals surface area contributed by atoms with E-state index in [1.165, 1.54) is 0 Å². The van der Waals surface area contributed by atoms with Gasteiger partial charge in [-0.3, -0.25) is 4.52 Å². The Labute approximate surface area is 103 Å². The monoisotopic (exact) mass is 260 g/mol. The van der Waals surface area contributed by atoms with Gasteiger partial charge in [-0.15, -0.1) is 19.7 Å². The zero-order chi connectivity index (χ0) is 13.4. The van der Waals surface area contributed by atoms with Gasteiger partial charge in [0, 0.05) is 0 Å². The molecule has 0 heterocycles. The van der Waals surface area contributed by atoms with Crippen molar-refractivity contribution < 1.29 is 18.9 Å². The molecule has 0 rings (SSSR count). The molecular weight excluding hydrogens is 239 g/mol. The fourth-order valence-electron chi connectivity index (χ4n) is 1.86. The van der Waals surface area contributed by atoms with Gasteiger partial charge >= 0.3 is 7.82 Å². The fourth-order valence-corrected chi connectivity index (χ4v) is 2.18. The van der Waals surface area contributed by atoms with Gasteiger partial charge in [-0.05, 0) is 31.1 Å². The summed E-state index contributed by atoms with van der Waals surface area (Å²) in [6.07, 6.45) is 8.11. The van der Waals surface area contributed by atoms with Gasteiger partial charge in [0.15, 0.2) is 0 Å². The van der Waals surface area contributed by atoms with Crippen LogP contribution in [0.5, 0.6) is 0 Å². The third kappa shape index (κ3) is 7.29. The Kier molecular flexibility index (Phi) is 7.32. The van der Waals surface area contributed by atoms with Crippen molar-refractivity contribution in [1.82, 2.24) is 0 Å². The molecule has 0 aliphatic rings. The van der Waals surface area contributed by atoms with Crippen LogP contribution in [0.4, 0.5) is 0 Å². The van der Waals surface area contributed by atoms with Gasteiger partial charge in [-0.25, -0.2) is 4.57 Å². The lowest BCUT2D eigenvalue weighted by Crippen LogP contribution is -2.21. The topological polar surface area (TPSA) is 66.8 Å². The third-order valence-electron chi connectivity index (χ3n) is 2.62. The van der Waals surface area contributed by atoms with Crippen LogP contribution in [0.3, 0.4) is 0 Å². The Morgan fingerprint density at radius 2 is 1.47 bits per heavy atom. The van der Waals surface area contributed by atoms with Gasteiger partial charge in [0.25, 0.3) is 0 Å². The van der Waals surface area contributed by atoms with Gasteiger partial charge in [0.05, 0.1) is 6.61 Å². The smallest absolute Gasteiger partial charge is 0.303 e. The second-order valence-electron chi connectivity index (χ2n) is 4.05. The first kappa shape index (κ1) is 16.3. The van der Waals surface area contributed by atoms with Crippen molar-refractivity contribution in [3.05, 3.63) is 38.0 Å². The molecule has 2 N–H and O–H groups in total. The van der Waals surface area contributed by atoms with Gasteiger partial charge in [-0.1, -0.05) is 18.2 Å². The van der Waals surface area contributed by atoms with Crippen LogP contribution in [0.15, 0.2) is 38.0 Å². The zero-order valence-electron chi connectivity index (χ0n) is 10.0. The number of phosphoric acid groups is 1. The highest BCUT2D eigenvalue weighted by atomic mass is 31.2. The van der Waals surface area contributed by atoms with E-state index in [1.54, 1.807) is 18.2 Å². The van der Waals surface area contributed by atoms with E-state index in [-0.39, 0.29) is 12.0 Å². The molecule has 0 bridgehead atoms. The summed E-state index contributed by atoms with van der Waals surface area (Å²) in [6.45, 7) is 11.1. The van der Waals surface area contributed by atoms with Gasteiger partial charge < -0.3 is 9.79 Å². The maximum Gasteiger partial charge on any atom is 0.469 e. The summed E-state index contributed by atoms with van der Waals surface area (Å²) in [5.41, 5.74) is -0.152. The number of hydrogen-bond acceptors (Lipinski definition) is 2. The fraction of sp³-hybridized carbons (Fsp3) is 0.500. The molecule has 0 aliphatic carbocycles. The average molecular weight is 260 g/mol. The zero-order valence-corrected chi connectivity index (χ0v) is 10.9. The number of phosphoric ester groups is 1. The minimum absolute atomic E-state index is 0.0137. The lowest BCUT2D eigenvalue weighted by Gasteiger charge is -2.30. The van der Waals surface area contributed by atoms with Crippen molar-refractivity contribution in [2.75, 3.05) is 6.61 Å². The highest BCUT2D eigenvalue weighted by molar-refractivity contribution is 7.46. The van der Waals surface area contributed by atoms with Crippen molar-refractivity contribution in [1.29, 1.82) is 0 Å². The summed E-state index contributed by atoms with van der Waals surface area (Å²) in [5, 5.41) is 0. The molecule has 98 valence electrons. The molecule has 0 atom stereocenters. The largest absolute Gasteiger partial charge is 0.469 e. The lowest BCUT2D eigenvalue weighted by molar-refractivity contribution is 0.153. The van der Waals surface area contributed by atoms with E-state index >= 15 is 0 Å². The second kappa shape index (κ2) is 7.62. The van der Waals surface area contributed by atoms with Crippen LogP contribution >= 0.6 is 7.82 Å². The normalized spacial score (nSPS) is 12.1. The van der Waals surface area contributed by atoms with E-state index in [0.717, 1.165) is 19.3 Å². The van der Waals surface area contributed by atoms with Crippen molar-refractivity contribution in [2.24, 2.45) is 5.41 Å². The molecule has 0 aromatic heterocycles. The first-order valence-electron chi connectivity index (χ1n) is 5.42. The van der Waals surface area contributed by atoms with E-state index < -0.39 is 7.82 Å². The van der Waals surface area contributed by atoms with E-state index in [0.29, 0.717) is 6.42 Å². The molecule has 0 radical (unpaired) electrons. The van der Waals surface area contributed by atoms with Crippen LogP contribution in [0.1, 0.15) is 25.7 Å². The highest BCUT2D eigenvalue weighted by Gasteiger charge is 2.27. The average Bonchev–Trinajstić information content (AvgIpc) is 2.16. The molecule has 0 spiro atoms. The maximum absolute atomic E-state index is 10.6. The van der Waals surface area contributed by atoms with Gasteiger partial charge in [-0.2, -0.15) is 0 Å². The Balaban J connectivity index is 4.53. The minimum Gasteiger partial charge on any atom is -0.303 e. The van der Waals surface area contributed by atoms with Crippen LogP contribution in [0.25, 0.3) is 0 Å². The number of allylic oxidation sites excluding steroid dienone is 3. The quantitative estimate of drug-likeness (QED) is 0.467. The van der Waals surface area contributed by atoms with Crippen molar-refractivity contribution in [3.8, 4) is 0 Å². The van der Waals surface area contributed by atoms with E-state index in [9.17, 15) is 4.57 Å². The Morgan fingerprint density at radius 1 is 1.06 bits per heavy atom. The summed E-state index contributed by atoms with van der Waals surface area (Å²) in [4.78, 5) is 17.3. The van der Waals surface area contributed by atoms with Crippen LogP contribution in [0, 0.1) is 5.41 Å². The predicted octanol–water partition coefficient (Wildman–Crippen LogP) is 3.20. The minimum atomic E-state index is -4.39. The van der Waals surface area contributed by atoms with Crippen molar-refractivity contribution >= 4 is 7.82 Å². The number of rotatable bonds is 10. The Morgan fingerprint density at radius 3 is 1.76 bits per heavy atom. The molecule has 0 aromatic rings. The first-order chi connectivity index (χ1) is 7.89. The summed E-state index contributed by atoms with van der Waals surface area (Å²) >= 11 is 0. The van der Waals surface area contributed by atoms with Crippen LogP contribution in [-0.4, -0.2) is 16.4 Å². The molecular formula is C12H21O4P. The van der Waals surface area contributed by atoms with Gasteiger partial charge in [0.2, 0.25) is 0 Å². The second-order valence-corrected chi connectivity index (χ2v) is 5.29. The third-order valence-corrected chi connectivity index (χ3v) is 3.14. The molecule has 0 saturated carbocycles. The summed E-state index contributed by atoms with van der Waals surface area (Å²) in [5.74, 6) is 0. The van der Waals surface area contributed by atoms with Crippen LogP contribution in [-0.2, 0) is 9.09 Å². The first-order valence-corrected chi connectivity index (χ1v) is 6.95. The Bertz CT molecular complexity index is 279. The predicted molar refractivity (Wildman–Crippen MR) is 69.5 cm³/mol. The summed E-state index contributed by atoms with van der Waals surface area (Å²) < 4.78 is 15.1. The molecule has 17 heavy (non-hydrogen) atoms. The molecule has 0 aliphatic heterocycles. The molecule has 0 unspecified atom stereocenters. The standard InChI is InChI=1S/C12H21O4P/c1-4-7-12(8-5-2,9-6-3)10-11-16-17(13,14)15/h4-6H,1-3,7-11H2,(H2,13,14,15).